The summed E-state index contributed by atoms with van der Waals surface area (Å²) < 4.78 is 5.50. The number of ether oxygens (including phenoxy) is 1. The summed E-state index contributed by atoms with van der Waals surface area (Å²) in [4.78, 5) is 22.9. The van der Waals surface area contributed by atoms with Crippen LogP contribution in [0.3, 0.4) is 0 Å². The Morgan fingerprint density at radius 2 is 1.75 bits per heavy atom. The zero-order valence-corrected chi connectivity index (χ0v) is 10.4. The maximum Gasteiger partial charge on any atom is 0.335 e. The predicted molar refractivity (Wildman–Crippen MR) is 72.8 cm³/mol. The molecule has 1 aliphatic rings. The van der Waals surface area contributed by atoms with E-state index in [4.69, 9.17) is 9.84 Å². The third-order valence-corrected chi connectivity index (χ3v) is 3.03. The van der Waals surface area contributed by atoms with Gasteiger partial charge in [0.1, 0.15) is 5.75 Å². The molecule has 0 spiro atoms. The van der Waals surface area contributed by atoms with E-state index in [1.807, 2.05) is 0 Å². The van der Waals surface area contributed by atoms with Gasteiger partial charge in [0.2, 0.25) is 5.78 Å². The van der Waals surface area contributed by atoms with Crippen LogP contribution >= 0.6 is 0 Å². The largest absolute Gasteiger partial charge is 0.478 e. The lowest BCUT2D eigenvalue weighted by Crippen LogP contribution is -1.98. The first kappa shape index (κ1) is 12.2. The maximum absolute atomic E-state index is 12.1. The molecule has 3 rings (SSSR count). The van der Waals surface area contributed by atoms with E-state index in [-0.39, 0.29) is 17.1 Å². The van der Waals surface area contributed by atoms with E-state index in [0.29, 0.717) is 16.9 Å². The first-order valence-electron chi connectivity index (χ1n) is 6.02. The van der Waals surface area contributed by atoms with Crippen molar-refractivity contribution in [2.24, 2.45) is 0 Å². The molecule has 4 nitrogen and oxygen atoms in total. The van der Waals surface area contributed by atoms with Gasteiger partial charge in [0.15, 0.2) is 5.76 Å². The van der Waals surface area contributed by atoms with E-state index in [2.05, 4.69) is 0 Å². The number of rotatable bonds is 2. The van der Waals surface area contributed by atoms with Crippen LogP contribution < -0.4 is 4.74 Å². The number of hydrogen-bond donors (Lipinski definition) is 1. The molecule has 1 aliphatic heterocycles. The highest BCUT2D eigenvalue weighted by Gasteiger charge is 2.26. The van der Waals surface area contributed by atoms with Gasteiger partial charge in [0.05, 0.1) is 11.1 Å². The Labute approximate surface area is 114 Å². The fourth-order valence-corrected chi connectivity index (χ4v) is 2.01. The Bertz CT molecular complexity index is 726. The molecule has 0 saturated heterocycles. The van der Waals surface area contributed by atoms with Gasteiger partial charge in [-0.1, -0.05) is 24.3 Å². The highest BCUT2D eigenvalue weighted by atomic mass is 16.5. The second-order valence-corrected chi connectivity index (χ2v) is 4.36. The average molecular weight is 266 g/mol. The first-order chi connectivity index (χ1) is 9.65. The van der Waals surface area contributed by atoms with Crippen molar-refractivity contribution in [3.63, 3.8) is 0 Å². The third kappa shape index (κ3) is 2.07. The molecule has 1 N–H and O–H groups in total. The zero-order valence-electron chi connectivity index (χ0n) is 10.4. The highest BCUT2D eigenvalue weighted by molar-refractivity contribution is 6.14. The van der Waals surface area contributed by atoms with Gasteiger partial charge in [-0.15, -0.1) is 0 Å². The Hall–Kier alpha value is -2.88. The molecule has 0 radical (unpaired) electrons. The van der Waals surface area contributed by atoms with E-state index in [1.165, 1.54) is 12.1 Å². The smallest absolute Gasteiger partial charge is 0.335 e. The second-order valence-electron chi connectivity index (χ2n) is 4.36. The van der Waals surface area contributed by atoms with Crippen molar-refractivity contribution in [1.82, 2.24) is 0 Å². The Balaban J connectivity index is 1.91. The molecule has 2 aromatic carbocycles. The van der Waals surface area contributed by atoms with Crippen LogP contribution in [0.15, 0.2) is 54.3 Å². The van der Waals surface area contributed by atoms with Gasteiger partial charge in [0.25, 0.3) is 0 Å². The van der Waals surface area contributed by atoms with Gasteiger partial charge < -0.3 is 9.84 Å². The molecule has 1 heterocycles. The van der Waals surface area contributed by atoms with Gasteiger partial charge in [-0.3, -0.25) is 4.79 Å². The number of carboxylic acid groups (broad SMARTS) is 1. The van der Waals surface area contributed by atoms with Gasteiger partial charge >= 0.3 is 5.97 Å². The van der Waals surface area contributed by atoms with E-state index < -0.39 is 5.97 Å². The van der Waals surface area contributed by atoms with Crippen LogP contribution in [0.5, 0.6) is 5.75 Å². The number of ketones is 1. The number of hydrogen-bond acceptors (Lipinski definition) is 3. The van der Waals surface area contributed by atoms with E-state index in [1.54, 1.807) is 42.5 Å². The van der Waals surface area contributed by atoms with Crippen LogP contribution in [-0.2, 0) is 0 Å². The van der Waals surface area contributed by atoms with Crippen LogP contribution in [0.1, 0.15) is 26.3 Å². The summed E-state index contributed by atoms with van der Waals surface area (Å²) in [6.07, 6.45) is 1.61. The zero-order chi connectivity index (χ0) is 14.1. The molecular formula is C16H10O4. The second kappa shape index (κ2) is 4.66. The fraction of sp³-hybridized carbons (Fsp3) is 0. The van der Waals surface area contributed by atoms with Crippen LogP contribution in [0, 0.1) is 0 Å². The number of fused-ring (bicyclic) bond motifs is 1. The number of carbonyl (C=O) groups is 2. The Morgan fingerprint density at radius 1 is 1.05 bits per heavy atom. The lowest BCUT2D eigenvalue weighted by atomic mass is 10.1. The van der Waals surface area contributed by atoms with Crippen LogP contribution in [0.4, 0.5) is 0 Å². The number of aromatic carboxylic acids is 1. The van der Waals surface area contributed by atoms with Crippen LogP contribution in [-0.4, -0.2) is 16.9 Å². The lowest BCUT2D eigenvalue weighted by molar-refractivity contribution is 0.0696. The summed E-state index contributed by atoms with van der Waals surface area (Å²) in [5, 5.41) is 8.83. The summed E-state index contributed by atoms with van der Waals surface area (Å²) in [5.41, 5.74) is 1.46. The number of Topliss-reactive ketones (excluding diaryl/α,β-unsaturated/α-hetero) is 1. The lowest BCUT2D eigenvalue weighted by Gasteiger charge is -1.99. The van der Waals surface area contributed by atoms with Gasteiger partial charge in [-0.25, -0.2) is 4.79 Å². The van der Waals surface area contributed by atoms with Gasteiger partial charge in [-0.2, -0.15) is 0 Å². The minimum Gasteiger partial charge on any atom is -0.478 e. The fourth-order valence-electron chi connectivity index (χ4n) is 2.01. The highest BCUT2D eigenvalue weighted by Crippen LogP contribution is 2.31. The van der Waals surface area contributed by atoms with Crippen molar-refractivity contribution in [2.75, 3.05) is 0 Å². The number of para-hydroxylation sites is 1. The summed E-state index contributed by atoms with van der Waals surface area (Å²) in [5.74, 6) is -0.354. The normalized spacial score (nSPS) is 15.0. The molecule has 0 fully saturated rings. The molecule has 0 unspecified atom stereocenters. The van der Waals surface area contributed by atoms with Crippen LogP contribution in [0.2, 0.25) is 0 Å². The first-order valence-corrected chi connectivity index (χ1v) is 6.02. The summed E-state index contributed by atoms with van der Waals surface area (Å²) in [6, 6.07) is 13.3. The van der Waals surface area contributed by atoms with E-state index in [0.717, 1.165) is 0 Å². The monoisotopic (exact) mass is 266 g/mol. The minimum atomic E-state index is -0.982. The molecule has 20 heavy (non-hydrogen) atoms. The molecule has 0 aliphatic carbocycles. The molecule has 0 saturated carbocycles. The standard InChI is InChI=1S/C16H10O4/c17-15-12-3-1-2-4-13(12)20-14(15)9-10-5-7-11(8-6-10)16(18)19/h1-9H,(H,18,19)/b14-9+. The van der Waals surface area contributed by atoms with Crippen molar-refractivity contribution in [3.05, 3.63) is 71.0 Å². The minimum absolute atomic E-state index is 0.164. The number of allylic oxidation sites excluding steroid dienone is 1. The quantitative estimate of drug-likeness (QED) is 0.849. The van der Waals surface area contributed by atoms with Crippen molar-refractivity contribution >= 4 is 17.8 Å². The average Bonchev–Trinajstić information content (AvgIpc) is 2.77. The Morgan fingerprint density at radius 3 is 2.40 bits per heavy atom. The molecule has 98 valence electrons. The Kier molecular flexibility index (Phi) is 2.84. The molecule has 4 heteroatoms. The topological polar surface area (TPSA) is 63.6 Å². The summed E-state index contributed by atoms with van der Waals surface area (Å²) in [6.45, 7) is 0. The van der Waals surface area contributed by atoms with Gasteiger partial charge in [-0.05, 0) is 35.9 Å². The molecule has 0 atom stereocenters. The van der Waals surface area contributed by atoms with E-state index in [9.17, 15) is 9.59 Å². The molecule has 2 aromatic rings. The SMILES string of the molecule is O=C(O)c1ccc(/C=C2/Oc3ccccc3C2=O)cc1. The molecule has 0 amide bonds. The van der Waals surface area contributed by atoms with E-state index >= 15 is 0 Å². The number of carbonyl (C=O) groups excluding carboxylic acids is 1. The third-order valence-electron chi connectivity index (χ3n) is 3.03. The molecule has 0 aromatic heterocycles. The van der Waals surface area contributed by atoms with Crippen molar-refractivity contribution in [2.45, 2.75) is 0 Å². The van der Waals surface area contributed by atoms with Crippen molar-refractivity contribution in [3.8, 4) is 5.75 Å². The van der Waals surface area contributed by atoms with Crippen molar-refractivity contribution in [1.29, 1.82) is 0 Å². The van der Waals surface area contributed by atoms with Crippen LogP contribution in [0.25, 0.3) is 6.08 Å². The molecule has 0 bridgehead atoms. The number of carboxylic acids is 1. The summed E-state index contributed by atoms with van der Waals surface area (Å²) in [7, 11) is 0. The molecular weight excluding hydrogens is 256 g/mol. The van der Waals surface area contributed by atoms with Gasteiger partial charge in [0, 0.05) is 0 Å². The number of benzene rings is 2. The van der Waals surface area contributed by atoms with Crippen molar-refractivity contribution < 1.29 is 19.4 Å². The summed E-state index contributed by atoms with van der Waals surface area (Å²) >= 11 is 0. The predicted octanol–water partition coefficient (Wildman–Crippen LogP) is 3.00. The maximum atomic E-state index is 12.1.